The minimum Gasteiger partial charge on any atom is -0.381 e. The van der Waals surface area contributed by atoms with Crippen molar-refractivity contribution in [3.8, 4) is 0 Å². The Morgan fingerprint density at radius 3 is 2.53 bits per heavy atom. The number of hydrogen-bond acceptors (Lipinski definition) is 4. The van der Waals surface area contributed by atoms with E-state index in [4.69, 9.17) is 5.14 Å². The highest BCUT2D eigenvalue weighted by Crippen LogP contribution is 2.21. The van der Waals surface area contributed by atoms with Gasteiger partial charge in [0.25, 0.3) is 0 Å². The molecule has 6 heteroatoms. The van der Waals surface area contributed by atoms with Crippen LogP contribution in [-0.4, -0.2) is 26.0 Å². The van der Waals surface area contributed by atoms with Crippen molar-refractivity contribution in [2.45, 2.75) is 23.8 Å². The molecule has 1 aromatic carbocycles. The minimum absolute atomic E-state index is 0.154. The molecule has 1 aliphatic rings. The third-order valence-electron chi connectivity index (χ3n) is 2.71. The summed E-state index contributed by atoms with van der Waals surface area (Å²) in [5.74, 6) is 2.35. The van der Waals surface area contributed by atoms with Gasteiger partial charge in [0.2, 0.25) is 10.0 Å². The van der Waals surface area contributed by atoms with Crippen molar-refractivity contribution in [3.05, 3.63) is 24.3 Å². The van der Waals surface area contributed by atoms with Gasteiger partial charge in [0.05, 0.1) is 4.90 Å². The predicted octanol–water partition coefficient (Wildman–Crippen LogP) is 1.64. The molecule has 1 aromatic rings. The van der Waals surface area contributed by atoms with Crippen molar-refractivity contribution in [2.75, 3.05) is 16.8 Å². The zero-order valence-corrected chi connectivity index (χ0v) is 11.1. The largest absolute Gasteiger partial charge is 0.381 e. The highest BCUT2D eigenvalue weighted by atomic mass is 32.2. The standard InChI is InChI=1S/C11H16N2O2S2/c12-17(14,15)11-5-3-9(4-6-11)13-10-2-1-7-16-8-10/h3-6,10,13H,1-2,7-8H2,(H2,12,14,15). The van der Waals surface area contributed by atoms with E-state index in [0.29, 0.717) is 6.04 Å². The lowest BCUT2D eigenvalue weighted by molar-refractivity contribution is 0.598. The van der Waals surface area contributed by atoms with E-state index in [1.165, 1.54) is 30.7 Å². The number of benzene rings is 1. The second-order valence-electron chi connectivity index (χ2n) is 4.13. The summed E-state index contributed by atoms with van der Waals surface area (Å²) in [7, 11) is -3.58. The van der Waals surface area contributed by atoms with E-state index in [0.717, 1.165) is 11.4 Å². The van der Waals surface area contributed by atoms with Crippen LogP contribution >= 0.6 is 11.8 Å². The molecule has 1 unspecified atom stereocenters. The van der Waals surface area contributed by atoms with Gasteiger partial charge < -0.3 is 5.32 Å². The molecule has 1 aliphatic heterocycles. The van der Waals surface area contributed by atoms with Gasteiger partial charge in [-0.25, -0.2) is 13.6 Å². The zero-order chi connectivity index (χ0) is 12.3. The molecule has 0 spiro atoms. The lowest BCUT2D eigenvalue weighted by Crippen LogP contribution is -2.25. The van der Waals surface area contributed by atoms with Crippen molar-refractivity contribution in [2.24, 2.45) is 5.14 Å². The van der Waals surface area contributed by atoms with E-state index in [1.807, 2.05) is 11.8 Å². The Balaban J connectivity index is 2.03. The van der Waals surface area contributed by atoms with Crippen LogP contribution in [0.15, 0.2) is 29.2 Å². The van der Waals surface area contributed by atoms with Crippen molar-refractivity contribution in [3.63, 3.8) is 0 Å². The maximum atomic E-state index is 11.1. The van der Waals surface area contributed by atoms with Gasteiger partial charge in [0, 0.05) is 17.5 Å². The normalized spacial score (nSPS) is 21.1. The molecule has 1 saturated heterocycles. The SMILES string of the molecule is NS(=O)(=O)c1ccc(NC2CCCSC2)cc1. The second-order valence-corrected chi connectivity index (χ2v) is 6.84. The van der Waals surface area contributed by atoms with Crippen molar-refractivity contribution >= 4 is 27.5 Å². The third-order valence-corrected chi connectivity index (χ3v) is 4.86. The van der Waals surface area contributed by atoms with Gasteiger partial charge in [-0.1, -0.05) is 0 Å². The Labute approximate surface area is 106 Å². The number of nitrogens with two attached hydrogens (primary N) is 1. The van der Waals surface area contributed by atoms with Crippen molar-refractivity contribution in [1.29, 1.82) is 0 Å². The van der Waals surface area contributed by atoms with Gasteiger partial charge in [0.1, 0.15) is 0 Å². The maximum absolute atomic E-state index is 11.1. The van der Waals surface area contributed by atoms with Gasteiger partial charge in [-0.2, -0.15) is 11.8 Å². The maximum Gasteiger partial charge on any atom is 0.238 e. The number of anilines is 1. The molecule has 0 aliphatic carbocycles. The molecule has 0 bridgehead atoms. The van der Waals surface area contributed by atoms with Crippen molar-refractivity contribution in [1.82, 2.24) is 0 Å². The van der Waals surface area contributed by atoms with Gasteiger partial charge >= 0.3 is 0 Å². The first-order chi connectivity index (χ1) is 8.05. The average Bonchev–Trinajstić information content (AvgIpc) is 2.30. The summed E-state index contributed by atoms with van der Waals surface area (Å²) < 4.78 is 22.2. The lowest BCUT2D eigenvalue weighted by Gasteiger charge is -2.23. The fourth-order valence-corrected chi connectivity index (χ4v) is 3.42. The Morgan fingerprint density at radius 1 is 1.29 bits per heavy atom. The molecule has 94 valence electrons. The zero-order valence-electron chi connectivity index (χ0n) is 9.43. The minimum atomic E-state index is -3.58. The number of hydrogen-bond donors (Lipinski definition) is 2. The fourth-order valence-electron chi connectivity index (χ4n) is 1.83. The summed E-state index contributed by atoms with van der Waals surface area (Å²) >= 11 is 1.95. The average molecular weight is 272 g/mol. The summed E-state index contributed by atoms with van der Waals surface area (Å²) in [6.45, 7) is 0. The first-order valence-electron chi connectivity index (χ1n) is 5.53. The molecule has 0 amide bonds. The smallest absolute Gasteiger partial charge is 0.238 e. The van der Waals surface area contributed by atoms with Crippen LogP contribution in [-0.2, 0) is 10.0 Å². The van der Waals surface area contributed by atoms with E-state index in [1.54, 1.807) is 12.1 Å². The number of nitrogens with one attached hydrogen (secondary N) is 1. The van der Waals surface area contributed by atoms with E-state index >= 15 is 0 Å². The first-order valence-corrected chi connectivity index (χ1v) is 8.23. The van der Waals surface area contributed by atoms with Crippen LogP contribution in [0.25, 0.3) is 0 Å². The van der Waals surface area contributed by atoms with E-state index in [9.17, 15) is 8.42 Å². The molecule has 0 aromatic heterocycles. The van der Waals surface area contributed by atoms with Gasteiger partial charge in [-0.05, 0) is 42.9 Å². The Morgan fingerprint density at radius 2 is 2.00 bits per heavy atom. The third kappa shape index (κ3) is 3.62. The number of rotatable bonds is 3. The molecule has 1 heterocycles. The first kappa shape index (κ1) is 12.7. The van der Waals surface area contributed by atoms with Crippen LogP contribution in [0.5, 0.6) is 0 Å². The molecule has 3 N–H and O–H groups in total. The number of primary sulfonamides is 1. The molecule has 2 rings (SSSR count). The summed E-state index contributed by atoms with van der Waals surface area (Å²) in [6, 6.07) is 7.08. The molecule has 17 heavy (non-hydrogen) atoms. The van der Waals surface area contributed by atoms with Gasteiger partial charge in [-0.15, -0.1) is 0 Å². The predicted molar refractivity (Wildman–Crippen MR) is 71.8 cm³/mol. The topological polar surface area (TPSA) is 72.2 Å². The monoisotopic (exact) mass is 272 g/mol. The lowest BCUT2D eigenvalue weighted by atomic mass is 10.2. The van der Waals surface area contributed by atoms with Gasteiger partial charge in [-0.3, -0.25) is 0 Å². The highest BCUT2D eigenvalue weighted by molar-refractivity contribution is 7.99. The Kier molecular flexibility index (Phi) is 3.96. The Bertz CT molecular complexity index is 465. The molecule has 4 nitrogen and oxygen atoms in total. The van der Waals surface area contributed by atoms with Crippen LogP contribution in [0.4, 0.5) is 5.69 Å². The molecule has 0 radical (unpaired) electrons. The second kappa shape index (κ2) is 5.29. The highest BCUT2D eigenvalue weighted by Gasteiger charge is 2.13. The number of sulfonamides is 1. The van der Waals surface area contributed by atoms with E-state index in [2.05, 4.69) is 5.32 Å². The van der Waals surface area contributed by atoms with Crippen LogP contribution in [0.1, 0.15) is 12.8 Å². The van der Waals surface area contributed by atoms with Crippen LogP contribution in [0.2, 0.25) is 0 Å². The van der Waals surface area contributed by atoms with Crippen LogP contribution < -0.4 is 10.5 Å². The molecule has 1 fully saturated rings. The molecular weight excluding hydrogens is 256 g/mol. The van der Waals surface area contributed by atoms with Gasteiger partial charge in [0.15, 0.2) is 0 Å². The quantitative estimate of drug-likeness (QED) is 0.877. The summed E-state index contributed by atoms with van der Waals surface area (Å²) in [5, 5.41) is 8.44. The number of thioether (sulfide) groups is 1. The van der Waals surface area contributed by atoms with Crippen LogP contribution in [0.3, 0.4) is 0 Å². The Hall–Kier alpha value is -0.720. The van der Waals surface area contributed by atoms with E-state index < -0.39 is 10.0 Å². The fraction of sp³-hybridized carbons (Fsp3) is 0.455. The van der Waals surface area contributed by atoms with E-state index in [-0.39, 0.29) is 4.90 Å². The molecular formula is C11H16N2O2S2. The molecule has 0 saturated carbocycles. The summed E-state index contributed by atoms with van der Waals surface area (Å²) in [6.07, 6.45) is 2.40. The molecule has 1 atom stereocenters. The van der Waals surface area contributed by atoms with Crippen LogP contribution in [0, 0.1) is 0 Å². The summed E-state index contributed by atoms with van der Waals surface area (Å²) in [4.78, 5) is 0.154. The van der Waals surface area contributed by atoms with Crippen molar-refractivity contribution < 1.29 is 8.42 Å². The summed E-state index contributed by atoms with van der Waals surface area (Å²) in [5.41, 5.74) is 0.949.